The maximum absolute atomic E-state index is 12.9. The Bertz CT molecular complexity index is 511. The molecule has 0 saturated carbocycles. The lowest BCUT2D eigenvalue weighted by Gasteiger charge is -1.95. The third-order valence-electron chi connectivity index (χ3n) is 2.00. The van der Waals surface area contributed by atoms with Crippen molar-refractivity contribution in [3.63, 3.8) is 0 Å². The minimum atomic E-state index is -0.300. The summed E-state index contributed by atoms with van der Waals surface area (Å²) in [4.78, 5) is 7.03. The molecule has 2 aromatic rings. The Balaban J connectivity index is 2.34. The van der Waals surface area contributed by atoms with Crippen LogP contribution in [0.2, 0.25) is 0 Å². The van der Waals surface area contributed by atoms with Crippen molar-refractivity contribution in [2.75, 3.05) is 0 Å². The summed E-state index contributed by atoms with van der Waals surface area (Å²) in [5.74, 6) is 0.283. The van der Waals surface area contributed by atoms with Crippen LogP contribution >= 0.6 is 0 Å². The lowest BCUT2D eigenvalue weighted by atomic mass is 10.2. The first-order valence-electron chi connectivity index (χ1n) is 4.46. The maximum atomic E-state index is 12.9. The summed E-state index contributed by atoms with van der Waals surface area (Å²) in [6, 6.07) is 8.17. The molecule has 15 heavy (non-hydrogen) atoms. The minimum Gasteiger partial charge on any atom is -0.341 e. The fourth-order valence-electron chi connectivity index (χ4n) is 1.32. The van der Waals surface area contributed by atoms with Crippen LogP contribution in [0.3, 0.4) is 0 Å². The van der Waals surface area contributed by atoms with E-state index in [0.717, 1.165) is 5.69 Å². The van der Waals surface area contributed by atoms with Crippen molar-refractivity contribution >= 4 is 0 Å². The zero-order valence-electron chi connectivity index (χ0n) is 7.87. The van der Waals surface area contributed by atoms with Crippen molar-refractivity contribution in [2.24, 2.45) is 0 Å². The summed E-state index contributed by atoms with van der Waals surface area (Å²) in [7, 11) is 0. The molecule has 0 spiro atoms. The first-order chi connectivity index (χ1) is 7.29. The van der Waals surface area contributed by atoms with Gasteiger partial charge < -0.3 is 4.98 Å². The number of aromatic amines is 1. The molecule has 1 aromatic carbocycles. The second-order valence-electron chi connectivity index (χ2n) is 3.10. The molecule has 0 aliphatic rings. The maximum Gasteiger partial charge on any atom is 0.137 e. The van der Waals surface area contributed by atoms with Gasteiger partial charge in [0.05, 0.1) is 12.5 Å². The molecule has 0 aliphatic carbocycles. The second kappa shape index (κ2) is 3.93. The van der Waals surface area contributed by atoms with Crippen LogP contribution in [-0.4, -0.2) is 9.97 Å². The molecule has 2 rings (SSSR count). The first-order valence-corrected chi connectivity index (χ1v) is 4.46. The third kappa shape index (κ3) is 2.02. The van der Waals surface area contributed by atoms with E-state index >= 15 is 0 Å². The van der Waals surface area contributed by atoms with Gasteiger partial charge in [-0.2, -0.15) is 5.26 Å². The Morgan fingerprint density at radius 1 is 1.47 bits per heavy atom. The molecule has 0 fully saturated rings. The predicted octanol–water partition coefficient (Wildman–Crippen LogP) is 2.28. The molecule has 0 amide bonds. The van der Waals surface area contributed by atoms with E-state index in [-0.39, 0.29) is 12.2 Å². The summed E-state index contributed by atoms with van der Waals surface area (Å²) >= 11 is 0. The number of imidazole rings is 1. The lowest BCUT2D eigenvalue weighted by Crippen LogP contribution is -1.83. The van der Waals surface area contributed by atoms with Gasteiger partial charge in [-0.05, 0) is 12.1 Å². The molecular weight excluding hydrogens is 193 g/mol. The summed E-state index contributed by atoms with van der Waals surface area (Å²) in [5.41, 5.74) is 1.41. The quantitative estimate of drug-likeness (QED) is 0.810. The van der Waals surface area contributed by atoms with Gasteiger partial charge in [0.2, 0.25) is 0 Å². The Hall–Kier alpha value is -2.15. The fourth-order valence-corrected chi connectivity index (χ4v) is 1.32. The molecule has 0 radical (unpaired) electrons. The molecule has 1 N–H and O–H groups in total. The van der Waals surface area contributed by atoms with Crippen LogP contribution in [-0.2, 0) is 6.42 Å². The number of nitrogens with one attached hydrogen (secondary N) is 1. The zero-order valence-corrected chi connectivity index (χ0v) is 7.87. The minimum absolute atomic E-state index is 0.280. The lowest BCUT2D eigenvalue weighted by molar-refractivity contribution is 0.628. The van der Waals surface area contributed by atoms with E-state index in [1.807, 2.05) is 6.07 Å². The second-order valence-corrected chi connectivity index (χ2v) is 3.10. The molecule has 1 aromatic heterocycles. The standard InChI is InChI=1S/C11H8FN3/c12-9-3-1-2-8(6-9)11-14-7-10(15-11)4-5-13/h1-3,6-7H,4H2,(H,14,15). The van der Waals surface area contributed by atoms with Crippen LogP contribution in [0.25, 0.3) is 11.4 Å². The molecule has 1 heterocycles. The van der Waals surface area contributed by atoms with Gasteiger partial charge in [-0.1, -0.05) is 12.1 Å². The van der Waals surface area contributed by atoms with Crippen molar-refractivity contribution in [1.82, 2.24) is 9.97 Å². The number of aromatic nitrogens is 2. The molecule has 0 aliphatic heterocycles. The van der Waals surface area contributed by atoms with Crippen molar-refractivity contribution in [3.05, 3.63) is 42.0 Å². The summed E-state index contributed by atoms with van der Waals surface area (Å²) in [5, 5.41) is 8.49. The average molecular weight is 201 g/mol. The Morgan fingerprint density at radius 3 is 3.07 bits per heavy atom. The average Bonchev–Trinajstić information content (AvgIpc) is 2.67. The number of H-pyrrole nitrogens is 1. The van der Waals surface area contributed by atoms with Crippen LogP contribution in [0.1, 0.15) is 5.69 Å². The van der Waals surface area contributed by atoms with E-state index in [1.165, 1.54) is 12.1 Å². The van der Waals surface area contributed by atoms with E-state index in [1.54, 1.807) is 18.3 Å². The van der Waals surface area contributed by atoms with Crippen molar-refractivity contribution < 1.29 is 4.39 Å². The Labute approximate surface area is 86.2 Å². The molecular formula is C11H8FN3. The zero-order chi connectivity index (χ0) is 10.7. The van der Waals surface area contributed by atoms with Gasteiger partial charge in [0, 0.05) is 17.5 Å². The predicted molar refractivity (Wildman–Crippen MR) is 53.3 cm³/mol. The Kier molecular flexibility index (Phi) is 2.46. The van der Waals surface area contributed by atoms with Crippen LogP contribution in [0.4, 0.5) is 4.39 Å². The molecule has 4 heteroatoms. The van der Waals surface area contributed by atoms with Crippen molar-refractivity contribution in [1.29, 1.82) is 5.26 Å². The first kappa shape index (κ1) is 9.41. The number of hydrogen-bond donors (Lipinski definition) is 1. The molecule has 0 unspecified atom stereocenters. The highest BCUT2D eigenvalue weighted by Gasteiger charge is 2.03. The normalized spacial score (nSPS) is 9.87. The summed E-state index contributed by atoms with van der Waals surface area (Å²) in [6.45, 7) is 0. The number of hydrogen-bond acceptors (Lipinski definition) is 2. The molecule has 3 nitrogen and oxygen atoms in total. The van der Waals surface area contributed by atoms with Crippen molar-refractivity contribution in [2.45, 2.75) is 6.42 Å². The molecule has 74 valence electrons. The molecule has 0 bridgehead atoms. The van der Waals surface area contributed by atoms with Crippen LogP contribution in [0.5, 0.6) is 0 Å². The van der Waals surface area contributed by atoms with E-state index in [0.29, 0.717) is 11.4 Å². The van der Waals surface area contributed by atoms with Gasteiger partial charge in [-0.15, -0.1) is 0 Å². The largest absolute Gasteiger partial charge is 0.341 e. The smallest absolute Gasteiger partial charge is 0.137 e. The van der Waals surface area contributed by atoms with Gasteiger partial charge in [-0.3, -0.25) is 0 Å². The van der Waals surface area contributed by atoms with Gasteiger partial charge in [-0.25, -0.2) is 9.37 Å². The topological polar surface area (TPSA) is 52.5 Å². The highest BCUT2D eigenvalue weighted by atomic mass is 19.1. The summed E-state index contributed by atoms with van der Waals surface area (Å²) < 4.78 is 12.9. The van der Waals surface area contributed by atoms with Gasteiger partial charge >= 0.3 is 0 Å². The number of halogens is 1. The SMILES string of the molecule is N#CCc1cnc(-c2cccc(F)c2)[nH]1. The van der Waals surface area contributed by atoms with Gasteiger partial charge in [0.25, 0.3) is 0 Å². The third-order valence-corrected chi connectivity index (χ3v) is 2.00. The van der Waals surface area contributed by atoms with E-state index in [2.05, 4.69) is 9.97 Å². The van der Waals surface area contributed by atoms with Crippen LogP contribution in [0.15, 0.2) is 30.5 Å². The van der Waals surface area contributed by atoms with Crippen LogP contribution < -0.4 is 0 Å². The van der Waals surface area contributed by atoms with Gasteiger partial charge in [0.15, 0.2) is 0 Å². The van der Waals surface area contributed by atoms with E-state index in [4.69, 9.17) is 5.26 Å². The van der Waals surface area contributed by atoms with E-state index < -0.39 is 0 Å². The van der Waals surface area contributed by atoms with E-state index in [9.17, 15) is 4.39 Å². The Morgan fingerprint density at radius 2 is 2.33 bits per heavy atom. The number of rotatable bonds is 2. The molecule has 0 saturated heterocycles. The summed E-state index contributed by atoms with van der Waals surface area (Å²) in [6.07, 6.45) is 1.87. The van der Waals surface area contributed by atoms with Gasteiger partial charge in [0.1, 0.15) is 11.6 Å². The highest BCUT2D eigenvalue weighted by molar-refractivity contribution is 5.55. The van der Waals surface area contributed by atoms with Crippen LogP contribution in [0, 0.1) is 17.1 Å². The number of nitriles is 1. The number of nitrogens with zero attached hydrogens (tertiary/aromatic N) is 2. The number of benzene rings is 1. The highest BCUT2D eigenvalue weighted by Crippen LogP contribution is 2.16. The fraction of sp³-hybridized carbons (Fsp3) is 0.0909. The molecule has 0 atom stereocenters. The monoisotopic (exact) mass is 201 g/mol. The van der Waals surface area contributed by atoms with Crippen molar-refractivity contribution in [3.8, 4) is 17.5 Å².